The van der Waals surface area contributed by atoms with Gasteiger partial charge in [-0.3, -0.25) is 9.36 Å². The van der Waals surface area contributed by atoms with Crippen LogP contribution in [0.5, 0.6) is 0 Å². The molecule has 5 rings (SSSR count). The summed E-state index contributed by atoms with van der Waals surface area (Å²) in [6.07, 6.45) is 11.9. The highest BCUT2D eigenvalue weighted by atomic mass is 16.3. The van der Waals surface area contributed by atoms with E-state index in [0.717, 1.165) is 28.0 Å². The molecule has 4 aromatic heterocycles. The summed E-state index contributed by atoms with van der Waals surface area (Å²) in [6, 6.07) is 4.13. The summed E-state index contributed by atoms with van der Waals surface area (Å²) in [4.78, 5) is 4.85. The van der Waals surface area contributed by atoms with Gasteiger partial charge < -0.3 is 5.11 Å². The van der Waals surface area contributed by atoms with Crippen molar-refractivity contribution in [3.8, 4) is 28.6 Å². The zero-order valence-electron chi connectivity index (χ0n) is 15.3. The van der Waals surface area contributed by atoms with Crippen LogP contribution in [0, 0.1) is 11.3 Å². The Morgan fingerprint density at radius 3 is 2.71 bits per heavy atom. The van der Waals surface area contributed by atoms with Crippen molar-refractivity contribution in [2.24, 2.45) is 7.05 Å². The van der Waals surface area contributed by atoms with Gasteiger partial charge in [-0.1, -0.05) is 0 Å². The molecule has 0 atom stereocenters. The Balaban J connectivity index is 1.61. The second kappa shape index (κ2) is 6.00. The lowest BCUT2D eigenvalue weighted by Gasteiger charge is -2.44. The molecule has 9 heteroatoms. The first-order chi connectivity index (χ1) is 13.6. The molecule has 140 valence electrons. The number of rotatable bonds is 4. The molecule has 0 aromatic carbocycles. The molecule has 9 nitrogen and oxygen atoms in total. The monoisotopic (exact) mass is 374 g/mol. The maximum absolute atomic E-state index is 9.79. The van der Waals surface area contributed by atoms with Gasteiger partial charge in [0, 0.05) is 30.6 Å². The number of aryl methyl sites for hydroxylation is 1. The van der Waals surface area contributed by atoms with E-state index < -0.39 is 5.54 Å². The molecule has 0 radical (unpaired) electrons. The van der Waals surface area contributed by atoms with Gasteiger partial charge in [0.25, 0.3) is 0 Å². The molecule has 1 aliphatic carbocycles. The summed E-state index contributed by atoms with van der Waals surface area (Å²) >= 11 is 0. The Morgan fingerprint density at radius 1 is 1.18 bits per heavy atom. The van der Waals surface area contributed by atoms with Gasteiger partial charge in [-0.25, -0.2) is 9.50 Å². The van der Waals surface area contributed by atoms with E-state index in [1.807, 2.05) is 36.4 Å². The SMILES string of the molecule is Cn1cc(-c2cn3nccc3c(-c3cnn([C@]4(CC#N)C[C@@H](O)C4)c3)n2)cn1. The predicted octanol–water partition coefficient (Wildman–Crippen LogP) is 1.76. The topological polar surface area (TPSA) is 110 Å². The highest BCUT2D eigenvalue weighted by molar-refractivity contribution is 5.78. The molecule has 0 bridgehead atoms. The molecule has 0 amide bonds. The quantitative estimate of drug-likeness (QED) is 0.583. The van der Waals surface area contributed by atoms with Crippen LogP contribution in [0.15, 0.2) is 43.2 Å². The van der Waals surface area contributed by atoms with Gasteiger partial charge in [0.2, 0.25) is 0 Å². The molecule has 0 saturated heterocycles. The molecule has 0 unspecified atom stereocenters. The second-order valence-corrected chi connectivity index (χ2v) is 7.33. The molecular formula is C19H18N8O. The summed E-state index contributed by atoms with van der Waals surface area (Å²) < 4.78 is 5.33. The highest BCUT2D eigenvalue weighted by Gasteiger charge is 2.46. The fourth-order valence-electron chi connectivity index (χ4n) is 3.91. The van der Waals surface area contributed by atoms with Crippen LogP contribution >= 0.6 is 0 Å². The van der Waals surface area contributed by atoms with Crippen molar-refractivity contribution in [3.05, 3.63) is 43.2 Å². The van der Waals surface area contributed by atoms with Crippen molar-refractivity contribution < 1.29 is 5.11 Å². The number of aliphatic hydroxyl groups excluding tert-OH is 1. The Labute approximate surface area is 160 Å². The highest BCUT2D eigenvalue weighted by Crippen LogP contribution is 2.42. The van der Waals surface area contributed by atoms with Crippen molar-refractivity contribution in [3.63, 3.8) is 0 Å². The second-order valence-electron chi connectivity index (χ2n) is 7.33. The first-order valence-corrected chi connectivity index (χ1v) is 9.02. The normalized spacial score (nSPS) is 21.5. The van der Waals surface area contributed by atoms with Gasteiger partial charge in [-0.05, 0) is 18.9 Å². The molecule has 0 spiro atoms. The summed E-state index contributed by atoms with van der Waals surface area (Å²) in [5.74, 6) is 0. The first kappa shape index (κ1) is 16.6. The lowest BCUT2D eigenvalue weighted by Crippen LogP contribution is -2.49. The number of nitriles is 1. The summed E-state index contributed by atoms with van der Waals surface area (Å²) in [5, 5.41) is 32.1. The van der Waals surface area contributed by atoms with E-state index in [-0.39, 0.29) is 6.10 Å². The van der Waals surface area contributed by atoms with E-state index in [1.165, 1.54) is 0 Å². The Hall–Kier alpha value is -3.51. The summed E-state index contributed by atoms with van der Waals surface area (Å²) in [6.45, 7) is 0. The van der Waals surface area contributed by atoms with Gasteiger partial charge in [0.1, 0.15) is 0 Å². The first-order valence-electron chi connectivity index (χ1n) is 9.02. The third-order valence-electron chi connectivity index (χ3n) is 5.37. The number of aliphatic hydroxyl groups is 1. The van der Waals surface area contributed by atoms with Crippen LogP contribution in [0.2, 0.25) is 0 Å². The van der Waals surface area contributed by atoms with Gasteiger partial charge in [0.15, 0.2) is 0 Å². The van der Waals surface area contributed by atoms with Crippen molar-refractivity contribution in [1.82, 2.24) is 34.2 Å². The molecule has 0 aliphatic heterocycles. The van der Waals surface area contributed by atoms with E-state index in [0.29, 0.717) is 19.3 Å². The van der Waals surface area contributed by atoms with E-state index in [9.17, 15) is 10.4 Å². The molecule has 4 aromatic rings. The third kappa shape index (κ3) is 2.50. The fourth-order valence-corrected chi connectivity index (χ4v) is 3.91. The number of aromatic nitrogens is 7. The molecule has 4 heterocycles. The van der Waals surface area contributed by atoms with Gasteiger partial charge >= 0.3 is 0 Å². The minimum absolute atomic E-state index is 0.316. The predicted molar refractivity (Wildman–Crippen MR) is 99.9 cm³/mol. The van der Waals surface area contributed by atoms with Gasteiger partial charge in [0.05, 0.1) is 65.8 Å². The average molecular weight is 374 g/mol. The Morgan fingerprint density at radius 2 is 2.00 bits per heavy atom. The van der Waals surface area contributed by atoms with Crippen LogP contribution in [0.1, 0.15) is 19.3 Å². The van der Waals surface area contributed by atoms with Crippen LogP contribution in [0.4, 0.5) is 0 Å². The lowest BCUT2D eigenvalue weighted by atomic mass is 9.72. The van der Waals surface area contributed by atoms with Gasteiger partial charge in [-0.15, -0.1) is 0 Å². The van der Waals surface area contributed by atoms with Crippen LogP contribution in [-0.4, -0.2) is 45.4 Å². The fraction of sp³-hybridized carbons (Fsp3) is 0.316. The smallest absolute Gasteiger partial charge is 0.0999 e. The van der Waals surface area contributed by atoms with E-state index in [1.54, 1.807) is 27.8 Å². The minimum atomic E-state index is -0.441. The summed E-state index contributed by atoms with van der Waals surface area (Å²) in [5.41, 5.74) is 3.70. The number of hydrogen-bond acceptors (Lipinski definition) is 6. The maximum atomic E-state index is 9.79. The molecule has 1 fully saturated rings. The van der Waals surface area contributed by atoms with E-state index in [2.05, 4.69) is 21.4 Å². The minimum Gasteiger partial charge on any atom is -0.393 e. The zero-order valence-corrected chi connectivity index (χ0v) is 15.3. The van der Waals surface area contributed by atoms with Crippen LogP contribution in [-0.2, 0) is 12.6 Å². The molecule has 1 N–H and O–H groups in total. The maximum Gasteiger partial charge on any atom is 0.0999 e. The van der Waals surface area contributed by atoms with Gasteiger partial charge in [-0.2, -0.15) is 20.6 Å². The number of hydrogen-bond donors (Lipinski definition) is 1. The van der Waals surface area contributed by atoms with E-state index >= 15 is 0 Å². The molecular weight excluding hydrogens is 356 g/mol. The summed E-state index contributed by atoms with van der Waals surface area (Å²) in [7, 11) is 1.86. The molecule has 1 saturated carbocycles. The largest absolute Gasteiger partial charge is 0.393 e. The van der Waals surface area contributed by atoms with Crippen LogP contribution in [0.25, 0.3) is 28.0 Å². The average Bonchev–Trinajstić information content (AvgIpc) is 3.39. The van der Waals surface area contributed by atoms with Crippen LogP contribution < -0.4 is 0 Å². The standard InChI is InChI=1S/C19H18N8O/c1-25-10-13(8-22-25)16-12-26-17(2-5-21-26)18(24-16)14-9-23-27(11-14)19(3-4-20)6-15(28)7-19/h2,5,8-12,15,28H,3,6-7H2,1H3/t15-,19-. The Kier molecular flexibility index (Phi) is 3.57. The Bertz CT molecular complexity index is 1200. The van der Waals surface area contributed by atoms with E-state index in [4.69, 9.17) is 4.98 Å². The molecule has 1 aliphatic rings. The van der Waals surface area contributed by atoms with Crippen molar-refractivity contribution in [2.45, 2.75) is 30.9 Å². The van der Waals surface area contributed by atoms with Crippen LogP contribution in [0.3, 0.4) is 0 Å². The number of fused-ring (bicyclic) bond motifs is 1. The lowest BCUT2D eigenvalue weighted by molar-refractivity contribution is -0.0268. The van der Waals surface area contributed by atoms with Crippen molar-refractivity contribution >= 4 is 5.52 Å². The molecule has 28 heavy (non-hydrogen) atoms. The van der Waals surface area contributed by atoms with Crippen molar-refractivity contribution in [2.75, 3.05) is 0 Å². The third-order valence-corrected chi connectivity index (χ3v) is 5.37. The zero-order chi connectivity index (χ0) is 19.3. The number of nitrogens with zero attached hydrogens (tertiary/aromatic N) is 8. The van der Waals surface area contributed by atoms with Crippen molar-refractivity contribution in [1.29, 1.82) is 5.26 Å².